The molecule has 4 N–H and O–H groups in total. The van der Waals surface area contributed by atoms with Crippen molar-refractivity contribution in [2.75, 3.05) is 16.0 Å². The van der Waals surface area contributed by atoms with Crippen LogP contribution in [-0.2, 0) is 0 Å². The fourth-order valence-electron chi connectivity index (χ4n) is 3.09. The fraction of sp³-hybridized carbons (Fsp3) is 0. The van der Waals surface area contributed by atoms with Crippen LogP contribution in [0.2, 0.25) is 5.02 Å². The summed E-state index contributed by atoms with van der Waals surface area (Å²) in [5.41, 5.74) is 2.45. The standard InChI is InChI=1S/C22H14ClN5O5S/c23-11-1-3-12(4-2-11)24-19(29)28-20-26-16-8-6-14(10-18(16)34-20)32-21(30)25-13-5-7-15-17(9-13)33-22(31)27-15/h1-10H,(H,25,30)(H,27,31)(H2,24,26,28,29). The number of benzene rings is 3. The summed E-state index contributed by atoms with van der Waals surface area (Å²) in [7, 11) is 0. The molecule has 0 bridgehead atoms. The number of amides is 3. The van der Waals surface area contributed by atoms with E-state index in [0.717, 1.165) is 0 Å². The topological polar surface area (TPSA) is 138 Å². The number of carbonyl (C=O) groups is 2. The largest absolute Gasteiger partial charge is 0.417 e. The van der Waals surface area contributed by atoms with E-state index < -0.39 is 17.9 Å². The second kappa shape index (κ2) is 8.89. The zero-order valence-electron chi connectivity index (χ0n) is 17.0. The Morgan fingerprint density at radius 1 is 0.971 bits per heavy atom. The molecule has 0 radical (unpaired) electrons. The van der Waals surface area contributed by atoms with Gasteiger partial charge in [0.15, 0.2) is 10.7 Å². The molecule has 5 rings (SSSR count). The van der Waals surface area contributed by atoms with E-state index in [0.29, 0.717) is 48.6 Å². The maximum atomic E-state index is 12.3. The number of oxazole rings is 1. The number of fused-ring (bicyclic) bond motifs is 2. The smallest absolute Gasteiger partial charge is 0.410 e. The first-order valence-corrected chi connectivity index (χ1v) is 11.0. The summed E-state index contributed by atoms with van der Waals surface area (Å²) in [6.45, 7) is 0. The second-order valence-electron chi connectivity index (χ2n) is 6.97. The highest BCUT2D eigenvalue weighted by Gasteiger charge is 2.12. The van der Waals surface area contributed by atoms with E-state index in [1.807, 2.05) is 0 Å². The van der Waals surface area contributed by atoms with Crippen molar-refractivity contribution >= 4 is 72.9 Å². The summed E-state index contributed by atoms with van der Waals surface area (Å²) < 4.78 is 11.0. The Morgan fingerprint density at radius 2 is 1.76 bits per heavy atom. The number of nitrogens with zero attached hydrogens (tertiary/aromatic N) is 1. The Kier molecular flexibility index (Phi) is 5.62. The summed E-state index contributed by atoms with van der Waals surface area (Å²) in [5, 5.41) is 8.89. The highest BCUT2D eigenvalue weighted by atomic mass is 35.5. The molecule has 2 aromatic heterocycles. The van der Waals surface area contributed by atoms with Crippen LogP contribution in [0.25, 0.3) is 21.3 Å². The van der Waals surface area contributed by atoms with Gasteiger partial charge in [0.25, 0.3) is 0 Å². The molecule has 12 heteroatoms. The lowest BCUT2D eigenvalue weighted by atomic mass is 10.3. The van der Waals surface area contributed by atoms with Gasteiger partial charge < -0.3 is 14.5 Å². The zero-order chi connectivity index (χ0) is 23.7. The van der Waals surface area contributed by atoms with Gasteiger partial charge in [0.2, 0.25) is 0 Å². The SMILES string of the molecule is O=C(Nc1ccc(Cl)cc1)Nc1nc2ccc(OC(=O)Nc3ccc4[nH]c(=O)oc4c3)cc2s1. The minimum Gasteiger partial charge on any atom is -0.410 e. The number of urea groups is 1. The maximum Gasteiger partial charge on any atom is 0.417 e. The van der Waals surface area contributed by atoms with Crippen molar-refractivity contribution < 1.29 is 18.7 Å². The molecule has 0 saturated carbocycles. The van der Waals surface area contributed by atoms with Gasteiger partial charge >= 0.3 is 17.9 Å². The molecule has 0 aliphatic rings. The summed E-state index contributed by atoms with van der Waals surface area (Å²) in [5.74, 6) is -0.288. The van der Waals surface area contributed by atoms with E-state index in [-0.39, 0.29) is 0 Å². The van der Waals surface area contributed by atoms with Gasteiger partial charge in [0.1, 0.15) is 5.75 Å². The van der Waals surface area contributed by atoms with Gasteiger partial charge in [-0.25, -0.2) is 19.4 Å². The first-order chi connectivity index (χ1) is 16.4. The van der Waals surface area contributed by atoms with Crippen LogP contribution < -0.4 is 26.4 Å². The molecule has 0 fully saturated rings. The number of rotatable bonds is 4. The normalized spacial score (nSPS) is 10.9. The van der Waals surface area contributed by atoms with Gasteiger partial charge in [-0.1, -0.05) is 22.9 Å². The number of halogens is 1. The van der Waals surface area contributed by atoms with Crippen LogP contribution in [0.5, 0.6) is 5.75 Å². The van der Waals surface area contributed by atoms with Crippen molar-refractivity contribution in [1.29, 1.82) is 0 Å². The summed E-state index contributed by atoms with van der Waals surface area (Å²) >= 11 is 7.07. The first kappa shape index (κ1) is 21.5. The number of ether oxygens (including phenoxy) is 1. The van der Waals surface area contributed by atoms with Crippen LogP contribution in [-0.4, -0.2) is 22.1 Å². The van der Waals surface area contributed by atoms with Crippen LogP contribution in [0.15, 0.2) is 69.9 Å². The lowest BCUT2D eigenvalue weighted by Crippen LogP contribution is -2.19. The number of nitrogens with one attached hydrogen (secondary N) is 4. The Balaban J connectivity index is 1.23. The molecule has 0 atom stereocenters. The lowest BCUT2D eigenvalue weighted by Gasteiger charge is -2.06. The Morgan fingerprint density at radius 3 is 2.59 bits per heavy atom. The van der Waals surface area contributed by atoms with Gasteiger partial charge in [0, 0.05) is 28.5 Å². The van der Waals surface area contributed by atoms with Gasteiger partial charge in [-0.2, -0.15) is 0 Å². The van der Waals surface area contributed by atoms with Gasteiger partial charge in [-0.3, -0.25) is 15.6 Å². The van der Waals surface area contributed by atoms with Crippen LogP contribution in [0.1, 0.15) is 0 Å². The monoisotopic (exact) mass is 495 g/mol. The Hall–Kier alpha value is -4.35. The average Bonchev–Trinajstić information content (AvgIpc) is 3.36. The van der Waals surface area contributed by atoms with Gasteiger partial charge in [-0.05, 0) is 48.5 Å². The Labute approximate surface area is 199 Å². The van der Waals surface area contributed by atoms with Crippen molar-refractivity contribution in [2.45, 2.75) is 0 Å². The molecular weight excluding hydrogens is 482 g/mol. The minimum atomic E-state index is -0.721. The third-order valence-electron chi connectivity index (χ3n) is 4.56. The van der Waals surface area contributed by atoms with E-state index in [9.17, 15) is 14.4 Å². The molecule has 5 aromatic rings. The molecule has 170 valence electrons. The van der Waals surface area contributed by atoms with Gasteiger partial charge in [-0.15, -0.1) is 0 Å². The molecular formula is C22H14ClN5O5S. The van der Waals surface area contributed by atoms with Gasteiger partial charge in [0.05, 0.1) is 15.7 Å². The van der Waals surface area contributed by atoms with Crippen molar-refractivity contribution in [3.63, 3.8) is 0 Å². The third-order valence-corrected chi connectivity index (χ3v) is 5.75. The number of aromatic amines is 1. The molecule has 0 unspecified atom stereocenters. The molecule has 10 nitrogen and oxygen atoms in total. The molecule has 0 saturated heterocycles. The van der Waals surface area contributed by atoms with E-state index in [4.69, 9.17) is 20.8 Å². The molecule has 2 heterocycles. The minimum absolute atomic E-state index is 0.292. The highest BCUT2D eigenvalue weighted by molar-refractivity contribution is 7.22. The summed E-state index contributed by atoms with van der Waals surface area (Å²) in [6.07, 6.45) is -0.721. The zero-order valence-corrected chi connectivity index (χ0v) is 18.6. The van der Waals surface area contributed by atoms with Crippen LogP contribution in [0.4, 0.5) is 26.1 Å². The van der Waals surface area contributed by atoms with Crippen molar-refractivity contribution in [2.24, 2.45) is 0 Å². The second-order valence-corrected chi connectivity index (χ2v) is 8.44. The van der Waals surface area contributed by atoms with E-state index in [1.54, 1.807) is 54.6 Å². The van der Waals surface area contributed by atoms with E-state index in [2.05, 4.69) is 25.9 Å². The van der Waals surface area contributed by atoms with Crippen LogP contribution in [0.3, 0.4) is 0 Å². The Bertz CT molecular complexity index is 1590. The van der Waals surface area contributed by atoms with Crippen LogP contribution in [0, 0.1) is 0 Å². The number of hydrogen-bond acceptors (Lipinski definition) is 7. The summed E-state index contributed by atoms with van der Waals surface area (Å²) in [6, 6.07) is 15.9. The highest BCUT2D eigenvalue weighted by Crippen LogP contribution is 2.29. The molecule has 0 aliphatic heterocycles. The number of aromatic nitrogens is 2. The van der Waals surface area contributed by atoms with Crippen molar-refractivity contribution in [3.8, 4) is 5.75 Å². The quantitative estimate of drug-likeness (QED) is 0.254. The predicted octanol–water partition coefficient (Wildman–Crippen LogP) is 5.64. The molecule has 3 aromatic carbocycles. The molecule has 0 aliphatic carbocycles. The summed E-state index contributed by atoms with van der Waals surface area (Å²) in [4.78, 5) is 42.6. The van der Waals surface area contributed by atoms with E-state index in [1.165, 1.54) is 17.4 Å². The van der Waals surface area contributed by atoms with E-state index >= 15 is 0 Å². The van der Waals surface area contributed by atoms with Crippen molar-refractivity contribution in [3.05, 3.63) is 76.2 Å². The average molecular weight is 496 g/mol. The molecule has 3 amide bonds. The third kappa shape index (κ3) is 4.85. The van der Waals surface area contributed by atoms with Crippen LogP contribution >= 0.6 is 22.9 Å². The maximum absolute atomic E-state index is 12.3. The lowest BCUT2D eigenvalue weighted by molar-refractivity contribution is 0.215. The van der Waals surface area contributed by atoms with Crippen molar-refractivity contribution in [1.82, 2.24) is 9.97 Å². The fourth-order valence-corrected chi connectivity index (χ4v) is 4.10. The molecule has 34 heavy (non-hydrogen) atoms. The number of H-pyrrole nitrogens is 1. The first-order valence-electron chi connectivity index (χ1n) is 9.77. The molecule has 0 spiro atoms. The number of hydrogen-bond donors (Lipinski definition) is 4. The number of anilines is 3. The predicted molar refractivity (Wildman–Crippen MR) is 130 cm³/mol. The number of carbonyl (C=O) groups excluding carboxylic acids is 2. The number of thiazole rings is 1.